The summed E-state index contributed by atoms with van der Waals surface area (Å²) in [6.07, 6.45) is 2.78. The third-order valence-corrected chi connectivity index (χ3v) is 6.81. The van der Waals surface area contributed by atoms with E-state index in [9.17, 15) is 0 Å². The molecule has 0 amide bonds. The van der Waals surface area contributed by atoms with Crippen molar-refractivity contribution in [2.24, 2.45) is 0 Å². The average molecular weight is 444 g/mol. The zero-order chi connectivity index (χ0) is 22.6. The molecule has 0 saturated carbocycles. The van der Waals surface area contributed by atoms with Crippen LogP contribution in [0.4, 0.5) is 0 Å². The molecule has 0 unspecified atom stereocenters. The molecule has 0 spiro atoms. The molecule has 32 heavy (non-hydrogen) atoms. The lowest BCUT2D eigenvalue weighted by Gasteiger charge is -2.44. The van der Waals surface area contributed by atoms with Gasteiger partial charge in [0.05, 0.1) is 0 Å². The van der Waals surface area contributed by atoms with E-state index in [1.54, 1.807) is 0 Å². The molecular formula is C28H33NO2Si. The maximum atomic E-state index is 7.12. The molecule has 1 saturated heterocycles. The van der Waals surface area contributed by atoms with Crippen LogP contribution < -0.4 is 10.1 Å². The normalized spacial score (nSPS) is 19.0. The van der Waals surface area contributed by atoms with Crippen molar-refractivity contribution < 1.29 is 9.16 Å². The number of hydrogen-bond acceptors (Lipinski definition) is 3. The Labute approximate surface area is 193 Å². The van der Waals surface area contributed by atoms with Gasteiger partial charge in [0.2, 0.25) is 0 Å². The highest BCUT2D eigenvalue weighted by Gasteiger charge is 2.49. The van der Waals surface area contributed by atoms with Crippen LogP contribution in [0.1, 0.15) is 23.1 Å². The molecule has 4 heteroatoms. The Morgan fingerprint density at radius 2 is 1.44 bits per heavy atom. The average Bonchev–Trinajstić information content (AvgIpc) is 3.27. The minimum absolute atomic E-state index is 0.0756. The molecule has 1 fully saturated rings. The van der Waals surface area contributed by atoms with Crippen molar-refractivity contribution in [2.75, 3.05) is 6.54 Å². The van der Waals surface area contributed by atoms with Gasteiger partial charge in [-0.2, -0.15) is 0 Å². The number of nitrogens with one attached hydrogen (secondary N) is 1. The first-order valence-electron chi connectivity index (χ1n) is 11.3. The molecule has 1 N–H and O–H groups in total. The van der Waals surface area contributed by atoms with Gasteiger partial charge in [-0.3, -0.25) is 0 Å². The van der Waals surface area contributed by atoms with Gasteiger partial charge in [-0.1, -0.05) is 85.5 Å². The van der Waals surface area contributed by atoms with E-state index < -0.39 is 13.9 Å². The number of hydrogen-bond donors (Lipinski definition) is 1. The standard InChI is InChI=1S/C28H33NO2Si/c1-5-22-16-18-25(19-17-22)30-26-20-27(29-21-26)28(31-32(2,3)4,23-12-8-6-9-13-23)24-14-10-7-11-15-24/h5-19,26-27,29H,1,20-21H2,2-4H3/t26-,27+/m1/s1. The molecule has 0 bridgehead atoms. The SMILES string of the molecule is C=Cc1ccc(O[C@H]2CN[C@H](C(O[Si](C)(C)C)(c3ccccc3)c3ccccc3)C2)cc1. The van der Waals surface area contributed by atoms with E-state index in [1.165, 1.54) is 11.1 Å². The van der Waals surface area contributed by atoms with E-state index in [4.69, 9.17) is 9.16 Å². The smallest absolute Gasteiger partial charge is 0.185 e. The molecule has 0 aromatic heterocycles. The van der Waals surface area contributed by atoms with Crippen LogP contribution in [0.3, 0.4) is 0 Å². The van der Waals surface area contributed by atoms with Crippen molar-refractivity contribution >= 4 is 14.4 Å². The second kappa shape index (κ2) is 9.45. The van der Waals surface area contributed by atoms with Crippen LogP contribution in [0.25, 0.3) is 6.08 Å². The third-order valence-electron chi connectivity index (χ3n) is 5.87. The van der Waals surface area contributed by atoms with E-state index in [2.05, 4.69) is 92.2 Å². The first-order chi connectivity index (χ1) is 15.4. The Bertz CT molecular complexity index is 973. The van der Waals surface area contributed by atoms with Crippen LogP contribution in [0, 0.1) is 0 Å². The van der Waals surface area contributed by atoms with Gasteiger partial charge in [-0.05, 0) is 48.5 Å². The van der Waals surface area contributed by atoms with Crippen LogP contribution in [-0.4, -0.2) is 27.0 Å². The number of benzene rings is 3. The fourth-order valence-corrected chi connectivity index (χ4v) is 5.93. The largest absolute Gasteiger partial charge is 0.489 e. The number of rotatable bonds is 8. The van der Waals surface area contributed by atoms with E-state index in [0.717, 1.165) is 24.3 Å². The Balaban J connectivity index is 1.69. The highest BCUT2D eigenvalue weighted by Crippen LogP contribution is 2.42. The van der Waals surface area contributed by atoms with E-state index in [-0.39, 0.29) is 12.1 Å². The predicted molar refractivity (Wildman–Crippen MR) is 135 cm³/mol. The summed E-state index contributed by atoms with van der Waals surface area (Å²) < 4.78 is 13.5. The van der Waals surface area contributed by atoms with Crippen molar-refractivity contribution in [3.63, 3.8) is 0 Å². The molecule has 3 nitrogen and oxygen atoms in total. The van der Waals surface area contributed by atoms with E-state index in [1.807, 2.05) is 30.3 Å². The molecule has 0 radical (unpaired) electrons. The van der Waals surface area contributed by atoms with Gasteiger partial charge in [0, 0.05) is 19.0 Å². The summed E-state index contributed by atoms with van der Waals surface area (Å²) in [6.45, 7) is 11.4. The van der Waals surface area contributed by atoms with Gasteiger partial charge in [0.1, 0.15) is 17.5 Å². The summed E-state index contributed by atoms with van der Waals surface area (Å²) in [5.74, 6) is 0.888. The quantitative estimate of drug-likeness (QED) is 0.418. The van der Waals surface area contributed by atoms with Gasteiger partial charge in [0.15, 0.2) is 8.32 Å². The summed E-state index contributed by atoms with van der Waals surface area (Å²) >= 11 is 0. The maximum absolute atomic E-state index is 7.12. The van der Waals surface area contributed by atoms with E-state index >= 15 is 0 Å². The van der Waals surface area contributed by atoms with Crippen LogP contribution in [0.5, 0.6) is 5.75 Å². The summed E-state index contributed by atoms with van der Waals surface area (Å²) in [5.41, 5.74) is 2.89. The Hall–Kier alpha value is -2.66. The minimum Gasteiger partial charge on any atom is -0.489 e. The van der Waals surface area contributed by atoms with Gasteiger partial charge in [-0.15, -0.1) is 0 Å². The third kappa shape index (κ3) is 4.88. The van der Waals surface area contributed by atoms with Crippen molar-refractivity contribution in [1.29, 1.82) is 0 Å². The second-order valence-electron chi connectivity index (χ2n) is 9.39. The minimum atomic E-state index is -1.92. The monoisotopic (exact) mass is 443 g/mol. The van der Waals surface area contributed by atoms with Gasteiger partial charge in [-0.25, -0.2) is 0 Å². The second-order valence-corrected chi connectivity index (χ2v) is 13.8. The zero-order valence-corrected chi connectivity index (χ0v) is 20.3. The molecule has 1 aliphatic rings. The van der Waals surface area contributed by atoms with Gasteiger partial charge < -0.3 is 14.5 Å². The molecule has 2 atom stereocenters. The molecule has 1 aliphatic heterocycles. The first-order valence-corrected chi connectivity index (χ1v) is 14.8. The Morgan fingerprint density at radius 1 is 0.875 bits per heavy atom. The van der Waals surface area contributed by atoms with Crippen LogP contribution in [0.15, 0.2) is 91.5 Å². The topological polar surface area (TPSA) is 30.5 Å². The summed E-state index contributed by atoms with van der Waals surface area (Å²) in [6, 6.07) is 29.5. The van der Waals surface area contributed by atoms with E-state index in [0.29, 0.717) is 0 Å². The van der Waals surface area contributed by atoms with Crippen LogP contribution in [-0.2, 0) is 10.0 Å². The summed E-state index contributed by atoms with van der Waals surface area (Å²) in [5, 5.41) is 3.77. The highest BCUT2D eigenvalue weighted by atomic mass is 28.4. The van der Waals surface area contributed by atoms with Gasteiger partial charge >= 0.3 is 0 Å². The van der Waals surface area contributed by atoms with Crippen LogP contribution >= 0.6 is 0 Å². The highest BCUT2D eigenvalue weighted by molar-refractivity contribution is 6.69. The number of ether oxygens (including phenoxy) is 1. The van der Waals surface area contributed by atoms with Crippen molar-refractivity contribution in [2.45, 2.75) is 43.8 Å². The fourth-order valence-electron chi connectivity index (χ4n) is 4.59. The molecule has 0 aliphatic carbocycles. The first kappa shape index (κ1) is 22.5. The lowest BCUT2D eigenvalue weighted by atomic mass is 9.79. The Morgan fingerprint density at radius 3 is 1.94 bits per heavy atom. The summed E-state index contributed by atoms with van der Waals surface area (Å²) in [4.78, 5) is 0. The fraction of sp³-hybridized carbons (Fsp3) is 0.286. The molecule has 4 rings (SSSR count). The molecular weight excluding hydrogens is 410 g/mol. The molecule has 3 aromatic carbocycles. The molecule has 3 aromatic rings. The van der Waals surface area contributed by atoms with Crippen molar-refractivity contribution in [1.82, 2.24) is 5.32 Å². The molecule has 166 valence electrons. The maximum Gasteiger partial charge on any atom is 0.185 e. The molecule has 1 heterocycles. The summed E-state index contributed by atoms with van der Waals surface area (Å²) in [7, 11) is -1.92. The van der Waals surface area contributed by atoms with Gasteiger partial charge in [0.25, 0.3) is 0 Å². The Kier molecular flexibility index (Phi) is 6.65. The predicted octanol–water partition coefficient (Wildman–Crippen LogP) is 6.23. The van der Waals surface area contributed by atoms with Crippen molar-refractivity contribution in [3.8, 4) is 5.75 Å². The van der Waals surface area contributed by atoms with Crippen molar-refractivity contribution in [3.05, 3.63) is 108 Å². The lowest BCUT2D eigenvalue weighted by Crippen LogP contribution is -2.53. The van der Waals surface area contributed by atoms with Crippen LogP contribution in [0.2, 0.25) is 19.6 Å². The zero-order valence-electron chi connectivity index (χ0n) is 19.3. The lowest BCUT2D eigenvalue weighted by molar-refractivity contribution is 0.0596.